The molecular weight excluding hydrogens is 638 g/mol. The van der Waals surface area contributed by atoms with Gasteiger partial charge in [0.1, 0.15) is 16.3 Å². The highest BCUT2D eigenvalue weighted by atomic mass is 32.2. The van der Waals surface area contributed by atoms with Crippen LogP contribution in [0.4, 0.5) is 10.5 Å². The zero-order valence-electron chi connectivity index (χ0n) is 29.2. The minimum absolute atomic E-state index is 0.0311. The number of fused-ring (bicyclic) bond motifs is 1. The number of ether oxygens (including phenoxy) is 2. The van der Waals surface area contributed by atoms with Gasteiger partial charge >= 0.3 is 6.03 Å². The molecule has 0 spiro atoms. The molecule has 1 aromatic heterocycles. The second-order valence-corrected chi connectivity index (χ2v) is 15.4. The van der Waals surface area contributed by atoms with Crippen molar-refractivity contribution in [3.8, 4) is 5.75 Å². The first kappa shape index (κ1) is 37.6. The Labute approximate surface area is 284 Å². The molecular formula is C34H53N5O8S. The maximum Gasteiger partial charge on any atom is 0.319 e. The number of urea groups is 1. The molecule has 3 N–H and O–H groups in total. The zero-order valence-corrected chi connectivity index (χ0v) is 30.0. The van der Waals surface area contributed by atoms with Gasteiger partial charge in [0.15, 0.2) is 5.76 Å². The van der Waals surface area contributed by atoms with E-state index in [-0.39, 0.29) is 71.6 Å². The van der Waals surface area contributed by atoms with E-state index in [0.29, 0.717) is 24.5 Å². The molecule has 4 atom stereocenters. The first-order chi connectivity index (χ1) is 22.8. The van der Waals surface area contributed by atoms with E-state index in [1.165, 1.54) is 17.8 Å². The fourth-order valence-corrected chi connectivity index (χ4v) is 7.88. The first-order valence-corrected chi connectivity index (χ1v) is 18.6. The van der Waals surface area contributed by atoms with Crippen molar-refractivity contribution in [3.05, 3.63) is 35.2 Å². The Bertz CT molecular complexity index is 1470. The van der Waals surface area contributed by atoms with Crippen molar-refractivity contribution in [2.75, 3.05) is 38.7 Å². The minimum Gasteiger partial charge on any atom is -0.490 e. The third-order valence-electron chi connectivity index (χ3n) is 9.32. The number of carbonyl (C=O) groups excluding carboxylic acids is 2. The summed E-state index contributed by atoms with van der Waals surface area (Å²) in [6, 6.07) is 4.28. The highest BCUT2D eigenvalue weighted by Crippen LogP contribution is 2.29. The Balaban J connectivity index is 1.61. The van der Waals surface area contributed by atoms with Gasteiger partial charge in [-0.15, -0.1) is 0 Å². The first-order valence-electron chi connectivity index (χ1n) is 17.1. The summed E-state index contributed by atoms with van der Waals surface area (Å²) < 4.78 is 46.1. The van der Waals surface area contributed by atoms with Crippen LogP contribution in [0.25, 0.3) is 0 Å². The van der Waals surface area contributed by atoms with Crippen molar-refractivity contribution in [2.45, 2.75) is 115 Å². The van der Waals surface area contributed by atoms with Gasteiger partial charge in [0.25, 0.3) is 5.91 Å². The number of nitrogens with one attached hydrogen (secondary N) is 2. The number of anilines is 1. The highest BCUT2D eigenvalue weighted by Gasteiger charge is 2.34. The number of aliphatic hydroxyl groups excluding tert-OH is 1. The van der Waals surface area contributed by atoms with Gasteiger partial charge in [-0.3, -0.25) is 4.79 Å². The van der Waals surface area contributed by atoms with Crippen molar-refractivity contribution in [3.63, 3.8) is 0 Å². The molecule has 13 nitrogen and oxygen atoms in total. The Kier molecular flexibility index (Phi) is 13.3. The summed E-state index contributed by atoms with van der Waals surface area (Å²) in [5, 5.41) is 20.0. The Morgan fingerprint density at radius 2 is 1.83 bits per heavy atom. The second kappa shape index (κ2) is 17.0. The molecule has 1 aromatic carbocycles. The van der Waals surface area contributed by atoms with E-state index in [0.717, 1.165) is 38.5 Å². The topological polar surface area (TPSA) is 164 Å². The number of likely N-dealkylation sites (N-methyl/N-ethyl adjacent to an activating group) is 1. The lowest BCUT2D eigenvalue weighted by Gasteiger charge is -2.35. The lowest BCUT2D eigenvalue weighted by molar-refractivity contribution is -0.00835. The highest BCUT2D eigenvalue weighted by molar-refractivity contribution is 7.89. The van der Waals surface area contributed by atoms with Gasteiger partial charge in [0, 0.05) is 44.4 Å². The number of rotatable bonds is 8. The van der Waals surface area contributed by atoms with Crippen LogP contribution in [0.5, 0.6) is 5.75 Å². The lowest BCUT2D eigenvalue weighted by atomic mass is 9.96. The van der Waals surface area contributed by atoms with Crippen molar-refractivity contribution in [1.29, 1.82) is 0 Å². The molecule has 2 aliphatic rings. The summed E-state index contributed by atoms with van der Waals surface area (Å²) in [6.45, 7) is 9.06. The fourth-order valence-electron chi connectivity index (χ4n) is 6.41. The van der Waals surface area contributed by atoms with E-state index in [4.69, 9.17) is 14.0 Å². The number of sulfonamides is 1. The van der Waals surface area contributed by atoms with Crippen LogP contribution in [0.3, 0.4) is 0 Å². The monoisotopic (exact) mass is 691 g/mol. The third kappa shape index (κ3) is 9.48. The van der Waals surface area contributed by atoms with Gasteiger partial charge in [-0.1, -0.05) is 31.3 Å². The molecule has 1 aliphatic heterocycles. The van der Waals surface area contributed by atoms with Crippen LogP contribution in [-0.2, 0) is 14.8 Å². The molecule has 2 heterocycles. The van der Waals surface area contributed by atoms with E-state index >= 15 is 0 Å². The number of aryl methyl sites for hydroxylation is 2. The Morgan fingerprint density at radius 1 is 1.12 bits per heavy atom. The normalized spacial score (nSPS) is 22.8. The lowest BCUT2D eigenvalue weighted by Crippen LogP contribution is -2.48. The second-order valence-electron chi connectivity index (χ2n) is 13.4. The molecule has 0 radical (unpaired) electrons. The molecule has 1 saturated carbocycles. The van der Waals surface area contributed by atoms with Gasteiger partial charge in [-0.2, -0.15) is 4.31 Å². The van der Waals surface area contributed by atoms with Crippen molar-refractivity contribution < 1.29 is 37.1 Å². The summed E-state index contributed by atoms with van der Waals surface area (Å²) in [4.78, 5) is 28.9. The Hall–Kier alpha value is -3.20. The van der Waals surface area contributed by atoms with E-state index in [1.54, 1.807) is 43.9 Å². The fraction of sp³-hybridized carbons (Fsp3) is 0.676. The van der Waals surface area contributed by atoms with Crippen LogP contribution in [0.2, 0.25) is 0 Å². The molecule has 1 fully saturated rings. The quantitative estimate of drug-likeness (QED) is 0.351. The largest absolute Gasteiger partial charge is 0.490 e. The van der Waals surface area contributed by atoms with Crippen LogP contribution in [0.15, 0.2) is 27.6 Å². The van der Waals surface area contributed by atoms with Crippen molar-refractivity contribution in [1.82, 2.24) is 19.7 Å². The van der Waals surface area contributed by atoms with E-state index in [1.807, 2.05) is 13.8 Å². The van der Waals surface area contributed by atoms with Crippen LogP contribution in [0.1, 0.15) is 93.9 Å². The summed E-state index contributed by atoms with van der Waals surface area (Å²) in [5.41, 5.74) is 0.991. The summed E-state index contributed by atoms with van der Waals surface area (Å²) in [6.07, 6.45) is 6.70. The van der Waals surface area contributed by atoms with E-state index in [9.17, 15) is 23.1 Å². The predicted molar refractivity (Wildman–Crippen MR) is 182 cm³/mol. The molecule has 0 bridgehead atoms. The SMILES string of the molecule is Cc1noc(C)c1S(=O)(=O)N(C)C[C@H]1OCCCC[C@H](C)Oc2ccc(NC(=O)NC3CCCCC3)cc2C(=O)N([C@H](C)CO)C[C@@H]1C. The van der Waals surface area contributed by atoms with Crippen LogP contribution in [0, 0.1) is 19.8 Å². The molecule has 4 rings (SSSR count). The van der Waals surface area contributed by atoms with E-state index < -0.39 is 22.2 Å². The summed E-state index contributed by atoms with van der Waals surface area (Å²) in [5.74, 6) is -0.111. The minimum atomic E-state index is -3.94. The Morgan fingerprint density at radius 3 is 2.50 bits per heavy atom. The molecule has 14 heteroatoms. The average molecular weight is 692 g/mol. The standard InChI is InChI=1S/C34H53N5O8S/c1-22-19-39(23(2)21-40)33(41)29-18-28(36-34(42)35-27-13-8-7-9-14-27)15-16-30(29)46-24(3)12-10-11-17-45-31(22)20-38(6)48(43,44)32-25(4)37-47-26(32)5/h15-16,18,22-24,27,31,40H,7-14,17,19-21H2,1-6H3,(H2,35,36,42)/t22-,23+,24-,31+/m0/s1. The van der Waals surface area contributed by atoms with Crippen LogP contribution in [-0.4, -0.2) is 97.5 Å². The number of nitrogens with zero attached hydrogens (tertiary/aromatic N) is 3. The number of hydrogen-bond donors (Lipinski definition) is 3. The molecule has 268 valence electrons. The molecule has 3 amide bonds. The zero-order chi connectivity index (χ0) is 35.0. The van der Waals surface area contributed by atoms with Gasteiger partial charge in [-0.25, -0.2) is 13.2 Å². The molecule has 48 heavy (non-hydrogen) atoms. The summed E-state index contributed by atoms with van der Waals surface area (Å²) >= 11 is 0. The number of hydrogen-bond acceptors (Lipinski definition) is 9. The average Bonchev–Trinajstić information content (AvgIpc) is 3.40. The smallest absolute Gasteiger partial charge is 0.319 e. The number of amides is 3. The van der Waals surface area contributed by atoms with Gasteiger partial charge in [0.2, 0.25) is 10.0 Å². The third-order valence-corrected chi connectivity index (χ3v) is 11.4. The molecule has 1 aliphatic carbocycles. The van der Waals surface area contributed by atoms with E-state index in [2.05, 4.69) is 15.8 Å². The molecule has 0 unspecified atom stereocenters. The van der Waals surface area contributed by atoms with Gasteiger partial charge < -0.3 is 34.6 Å². The van der Waals surface area contributed by atoms with Crippen molar-refractivity contribution >= 4 is 27.6 Å². The number of carbonyl (C=O) groups is 2. The maximum absolute atomic E-state index is 14.4. The summed E-state index contributed by atoms with van der Waals surface area (Å²) in [7, 11) is -2.44. The van der Waals surface area contributed by atoms with Crippen molar-refractivity contribution in [2.24, 2.45) is 5.92 Å². The van der Waals surface area contributed by atoms with Crippen LogP contribution < -0.4 is 15.4 Å². The van der Waals surface area contributed by atoms with Crippen LogP contribution >= 0.6 is 0 Å². The number of benzene rings is 1. The van der Waals surface area contributed by atoms with Gasteiger partial charge in [-0.05, 0) is 78.0 Å². The predicted octanol–water partition coefficient (Wildman–Crippen LogP) is 4.86. The number of aliphatic hydroxyl groups is 1. The maximum atomic E-state index is 14.4. The number of aromatic nitrogens is 1. The van der Waals surface area contributed by atoms with Gasteiger partial charge in [0.05, 0.1) is 30.4 Å². The molecule has 0 saturated heterocycles. The molecule has 2 aromatic rings.